The van der Waals surface area contributed by atoms with Crippen molar-refractivity contribution in [2.24, 2.45) is 11.8 Å². The van der Waals surface area contributed by atoms with Gasteiger partial charge in [0, 0.05) is 31.6 Å². The molecule has 2 aromatic carbocycles. The number of likely N-dealkylation sites (tertiary alicyclic amines) is 1. The van der Waals surface area contributed by atoms with Crippen molar-refractivity contribution < 1.29 is 29.0 Å². The van der Waals surface area contributed by atoms with Crippen LogP contribution in [0.4, 0.5) is 0 Å². The van der Waals surface area contributed by atoms with E-state index in [1.807, 2.05) is 30.3 Å². The first-order valence-electron chi connectivity index (χ1n) is 14.5. The minimum Gasteiger partial charge on any atom is -0.489 e. The van der Waals surface area contributed by atoms with Gasteiger partial charge in [0.25, 0.3) is 5.91 Å². The first-order valence-corrected chi connectivity index (χ1v) is 14.5. The normalized spacial score (nSPS) is 18.2. The topological polar surface area (TPSA) is 137 Å². The zero-order valence-corrected chi connectivity index (χ0v) is 23.3. The first kappa shape index (κ1) is 30.0. The average molecular weight is 565 g/mol. The Hall–Kier alpha value is -3.92. The van der Waals surface area contributed by atoms with E-state index in [1.54, 1.807) is 29.2 Å². The van der Waals surface area contributed by atoms with Gasteiger partial charge in [-0.1, -0.05) is 36.4 Å². The molecular formula is C31H40N4O6. The average Bonchev–Trinajstić information content (AvgIpc) is 3.01. The lowest BCUT2D eigenvalue weighted by molar-refractivity contribution is -0.139. The second kappa shape index (κ2) is 15.2. The highest BCUT2D eigenvalue weighted by Gasteiger charge is 2.30. The summed E-state index contributed by atoms with van der Waals surface area (Å²) in [6.07, 6.45) is 4.89. The number of carboxylic acid groups (broad SMARTS) is 1. The Kier molecular flexibility index (Phi) is 11.1. The van der Waals surface area contributed by atoms with E-state index < -0.39 is 23.8 Å². The molecule has 0 aromatic heterocycles. The van der Waals surface area contributed by atoms with E-state index in [4.69, 9.17) is 4.74 Å². The van der Waals surface area contributed by atoms with E-state index in [1.165, 1.54) is 0 Å². The number of rotatable bonds is 12. The number of nitrogens with zero attached hydrogens (tertiary/aromatic N) is 1. The molecule has 2 aliphatic rings. The molecule has 2 saturated heterocycles. The summed E-state index contributed by atoms with van der Waals surface area (Å²) in [5.41, 5.74) is 1.23. The molecular weight excluding hydrogens is 524 g/mol. The maximum atomic E-state index is 12.9. The second-order valence-corrected chi connectivity index (χ2v) is 10.8. The maximum absolute atomic E-state index is 12.9. The molecule has 0 saturated carbocycles. The van der Waals surface area contributed by atoms with E-state index in [9.17, 15) is 24.3 Å². The molecule has 0 spiro atoms. The zero-order valence-electron chi connectivity index (χ0n) is 23.3. The minimum absolute atomic E-state index is 0.0756. The summed E-state index contributed by atoms with van der Waals surface area (Å²) in [5.74, 6) is -1.43. The molecule has 4 rings (SSSR count). The lowest BCUT2D eigenvalue weighted by atomic mass is 9.92. The molecule has 10 heteroatoms. The Morgan fingerprint density at radius 1 is 1.02 bits per heavy atom. The van der Waals surface area contributed by atoms with Crippen molar-refractivity contribution >= 4 is 23.7 Å². The van der Waals surface area contributed by atoms with Crippen molar-refractivity contribution in [1.29, 1.82) is 0 Å². The number of carbonyl (C=O) groups is 4. The number of carboxylic acids is 1. The Bertz CT molecular complexity index is 1180. The fourth-order valence-electron chi connectivity index (χ4n) is 5.33. The number of aliphatic carboxylic acids is 1. The molecule has 2 heterocycles. The summed E-state index contributed by atoms with van der Waals surface area (Å²) in [6, 6.07) is 14.8. The van der Waals surface area contributed by atoms with Crippen molar-refractivity contribution in [2.75, 3.05) is 32.7 Å². The van der Waals surface area contributed by atoms with E-state index in [-0.39, 0.29) is 23.9 Å². The van der Waals surface area contributed by atoms with Crippen LogP contribution in [-0.4, -0.2) is 72.5 Å². The highest BCUT2D eigenvalue weighted by molar-refractivity contribution is 5.97. The van der Waals surface area contributed by atoms with Crippen molar-refractivity contribution in [2.45, 2.75) is 51.2 Å². The molecule has 0 bridgehead atoms. The SMILES string of the molecule is O=C(N[C@@H](CNC(=O)[C@@H]1CCCN(C(=O)CCC2CCNCC2)C1)C(=O)O)c1cccc(OCc2ccccc2)c1. The van der Waals surface area contributed by atoms with Crippen molar-refractivity contribution in [3.05, 3.63) is 65.7 Å². The van der Waals surface area contributed by atoms with Gasteiger partial charge in [0.2, 0.25) is 11.8 Å². The van der Waals surface area contributed by atoms with Gasteiger partial charge in [0.1, 0.15) is 18.4 Å². The summed E-state index contributed by atoms with van der Waals surface area (Å²) in [7, 11) is 0. The number of nitrogens with one attached hydrogen (secondary N) is 3. The van der Waals surface area contributed by atoms with E-state index >= 15 is 0 Å². The minimum atomic E-state index is -1.31. The zero-order chi connectivity index (χ0) is 29.0. The van der Waals surface area contributed by atoms with Gasteiger partial charge >= 0.3 is 5.97 Å². The Morgan fingerprint density at radius 3 is 2.56 bits per heavy atom. The smallest absolute Gasteiger partial charge is 0.328 e. The van der Waals surface area contributed by atoms with Crippen LogP contribution in [0, 0.1) is 11.8 Å². The highest BCUT2D eigenvalue weighted by atomic mass is 16.5. The lowest BCUT2D eigenvalue weighted by Gasteiger charge is -2.33. The number of carbonyl (C=O) groups excluding carboxylic acids is 3. The Labute approximate surface area is 240 Å². The molecule has 10 nitrogen and oxygen atoms in total. The van der Waals surface area contributed by atoms with Crippen LogP contribution in [0.1, 0.15) is 54.4 Å². The van der Waals surface area contributed by atoms with Crippen molar-refractivity contribution in [1.82, 2.24) is 20.9 Å². The standard InChI is InChI=1S/C31H40N4O6/c36-28(12-11-22-13-15-32-16-14-22)35-17-5-9-25(20-35)29(37)33-19-27(31(39)40)34-30(38)24-8-4-10-26(18-24)41-21-23-6-2-1-3-7-23/h1-4,6-8,10,18,22,25,27,32H,5,9,11-17,19-21H2,(H,33,37)(H,34,38)(H,39,40)/t25-,27+/m1/s1. The van der Waals surface area contributed by atoms with Crippen LogP contribution in [0.2, 0.25) is 0 Å². The molecule has 0 radical (unpaired) electrons. The van der Waals surface area contributed by atoms with Gasteiger partial charge in [-0.15, -0.1) is 0 Å². The highest BCUT2D eigenvalue weighted by Crippen LogP contribution is 2.22. The number of piperidine rings is 2. The second-order valence-electron chi connectivity index (χ2n) is 10.8. The van der Waals surface area contributed by atoms with Gasteiger partial charge in [-0.05, 0) is 74.9 Å². The van der Waals surface area contributed by atoms with E-state index in [0.29, 0.717) is 44.2 Å². The van der Waals surface area contributed by atoms with Gasteiger partial charge in [0.05, 0.1) is 5.92 Å². The predicted molar refractivity (Wildman–Crippen MR) is 153 cm³/mol. The molecule has 0 unspecified atom stereocenters. The molecule has 2 fully saturated rings. The molecule has 41 heavy (non-hydrogen) atoms. The number of hydrogen-bond acceptors (Lipinski definition) is 6. The third kappa shape index (κ3) is 9.31. The van der Waals surface area contributed by atoms with Crippen LogP contribution < -0.4 is 20.7 Å². The van der Waals surface area contributed by atoms with Crippen LogP contribution in [0.15, 0.2) is 54.6 Å². The predicted octanol–water partition coefficient (Wildman–Crippen LogP) is 2.58. The molecule has 0 aliphatic carbocycles. The summed E-state index contributed by atoms with van der Waals surface area (Å²) in [6.45, 7) is 3.03. The third-order valence-corrected chi connectivity index (χ3v) is 7.80. The Morgan fingerprint density at radius 2 is 1.80 bits per heavy atom. The maximum Gasteiger partial charge on any atom is 0.328 e. The fourth-order valence-corrected chi connectivity index (χ4v) is 5.33. The molecule has 220 valence electrons. The number of hydrogen-bond donors (Lipinski definition) is 4. The molecule has 2 aromatic rings. The number of ether oxygens (including phenoxy) is 1. The number of amides is 3. The fraction of sp³-hybridized carbons (Fsp3) is 0.484. The largest absolute Gasteiger partial charge is 0.489 e. The third-order valence-electron chi connectivity index (χ3n) is 7.80. The molecule has 4 N–H and O–H groups in total. The van der Waals surface area contributed by atoms with Gasteiger partial charge in [-0.3, -0.25) is 14.4 Å². The van der Waals surface area contributed by atoms with Crippen molar-refractivity contribution in [3.63, 3.8) is 0 Å². The van der Waals surface area contributed by atoms with Gasteiger partial charge in [-0.2, -0.15) is 0 Å². The monoisotopic (exact) mass is 564 g/mol. The number of benzene rings is 2. The van der Waals surface area contributed by atoms with Gasteiger partial charge in [-0.25, -0.2) is 4.79 Å². The van der Waals surface area contributed by atoms with E-state index in [2.05, 4.69) is 16.0 Å². The summed E-state index contributed by atoms with van der Waals surface area (Å²) in [4.78, 5) is 52.2. The molecule has 3 amide bonds. The lowest BCUT2D eigenvalue weighted by Crippen LogP contribution is -2.51. The molecule has 2 aliphatic heterocycles. The first-order chi connectivity index (χ1) is 19.9. The van der Waals surface area contributed by atoms with Crippen LogP contribution in [-0.2, 0) is 21.0 Å². The van der Waals surface area contributed by atoms with Crippen LogP contribution in [0.5, 0.6) is 5.75 Å². The van der Waals surface area contributed by atoms with Gasteiger partial charge < -0.3 is 30.7 Å². The summed E-state index contributed by atoms with van der Waals surface area (Å²) < 4.78 is 5.77. The van der Waals surface area contributed by atoms with Crippen LogP contribution >= 0.6 is 0 Å². The van der Waals surface area contributed by atoms with Crippen LogP contribution in [0.3, 0.4) is 0 Å². The summed E-state index contributed by atoms with van der Waals surface area (Å²) >= 11 is 0. The van der Waals surface area contributed by atoms with Gasteiger partial charge in [0.15, 0.2) is 0 Å². The van der Waals surface area contributed by atoms with E-state index in [0.717, 1.165) is 44.3 Å². The molecule has 2 atom stereocenters. The van der Waals surface area contributed by atoms with Crippen molar-refractivity contribution in [3.8, 4) is 5.75 Å². The van der Waals surface area contributed by atoms with Crippen LogP contribution in [0.25, 0.3) is 0 Å². The quantitative estimate of drug-likeness (QED) is 0.311. The summed E-state index contributed by atoms with van der Waals surface area (Å²) in [5, 5.41) is 18.2. The Balaban J connectivity index is 1.24.